The monoisotopic (exact) mass is 934 g/mol. The van der Waals surface area contributed by atoms with E-state index in [1.165, 1.54) is 0 Å². The second kappa shape index (κ2) is 23.0. The fraction of sp³-hybridized carbons (Fsp3) is 0.318. The Morgan fingerprint density at radius 3 is 1.19 bits per heavy atom. The van der Waals surface area contributed by atoms with E-state index in [2.05, 4.69) is 50.5 Å². The molecule has 24 nitrogen and oxygen atoms in total. The van der Waals surface area contributed by atoms with Crippen molar-refractivity contribution in [2.45, 2.75) is 89.1 Å². The van der Waals surface area contributed by atoms with Gasteiger partial charge in [-0.15, -0.1) is 0 Å². The van der Waals surface area contributed by atoms with Crippen molar-refractivity contribution in [3.05, 3.63) is 94.6 Å². The van der Waals surface area contributed by atoms with Crippen molar-refractivity contribution in [3.63, 3.8) is 0 Å². The highest BCUT2D eigenvalue weighted by Crippen LogP contribution is 2.27. The van der Waals surface area contributed by atoms with E-state index >= 15 is 0 Å². The predicted molar refractivity (Wildman–Crippen MR) is 246 cm³/mol. The van der Waals surface area contributed by atoms with Crippen molar-refractivity contribution in [2.75, 3.05) is 22.9 Å². The van der Waals surface area contributed by atoms with Gasteiger partial charge >= 0.3 is 23.9 Å². The molecule has 0 saturated heterocycles. The molecule has 6 rings (SSSR count). The van der Waals surface area contributed by atoms with Crippen LogP contribution in [0.25, 0.3) is 22.3 Å². The van der Waals surface area contributed by atoms with Crippen LogP contribution in [0.4, 0.5) is 23.5 Å². The van der Waals surface area contributed by atoms with Gasteiger partial charge in [-0.3, -0.25) is 19.2 Å². The lowest BCUT2D eigenvalue weighted by Gasteiger charge is -2.17. The van der Waals surface area contributed by atoms with Gasteiger partial charge in [0.2, 0.25) is 11.9 Å². The Balaban J connectivity index is 0.000000254. The number of nitrogens with zero attached hydrogens (tertiary/aromatic N) is 8. The number of amides is 2. The lowest BCUT2D eigenvalue weighted by atomic mass is 9.91. The van der Waals surface area contributed by atoms with E-state index in [-0.39, 0.29) is 72.2 Å². The lowest BCUT2D eigenvalue weighted by molar-refractivity contribution is -0.142. The van der Waals surface area contributed by atoms with E-state index in [1.807, 2.05) is 13.8 Å². The maximum atomic E-state index is 12.5. The van der Waals surface area contributed by atoms with Crippen molar-refractivity contribution in [3.8, 4) is 0 Å². The molecule has 6 aromatic rings. The van der Waals surface area contributed by atoms with E-state index in [4.69, 9.17) is 33.1 Å². The number of aliphatic carboxylic acids is 4. The Bertz CT molecular complexity index is 2620. The smallest absolute Gasteiger partial charge is 0.326 e. The Kier molecular flexibility index (Phi) is 17.0. The molecular weight excluding hydrogens is 885 g/mol. The number of carbonyl (C=O) groups excluding carboxylic acids is 2. The van der Waals surface area contributed by atoms with Gasteiger partial charge in [0, 0.05) is 24.0 Å². The minimum absolute atomic E-state index is 0.0270. The SMILES string of the molecule is CCC(Cc1cnc2nc(N)nc(N)c2n1)c1ccc(C(=O)N[C@@H](CCC(=O)O)C(=O)O)cc1.CCC(Cc1cnc2nc(N)nc(N)c2n1)c1ccc(C(=O)N[C@@H](CCC(=O)O)C(=O)O)cc1. The molecule has 2 aromatic carbocycles. The first-order valence-corrected chi connectivity index (χ1v) is 21.2. The van der Waals surface area contributed by atoms with Gasteiger partial charge in [0.15, 0.2) is 34.0 Å². The highest BCUT2D eigenvalue weighted by atomic mass is 16.4. The van der Waals surface area contributed by atoms with Gasteiger partial charge in [-0.2, -0.15) is 19.9 Å². The largest absolute Gasteiger partial charge is 0.481 e. The summed E-state index contributed by atoms with van der Waals surface area (Å²) in [7, 11) is 0. The number of hydrogen-bond donors (Lipinski definition) is 10. The number of carboxylic acids is 4. The zero-order valence-corrected chi connectivity index (χ0v) is 36.9. The highest BCUT2D eigenvalue weighted by molar-refractivity contribution is 5.97. The Hall–Kier alpha value is -8.70. The average molecular weight is 935 g/mol. The molecule has 0 saturated carbocycles. The third-order valence-corrected chi connectivity index (χ3v) is 10.7. The van der Waals surface area contributed by atoms with Crippen molar-refractivity contribution in [1.82, 2.24) is 50.5 Å². The van der Waals surface area contributed by atoms with Gasteiger partial charge < -0.3 is 54.0 Å². The number of anilines is 4. The standard InChI is InChI=1S/2C22H25N7O5/c2*1-2-11(9-14-10-25-19-17(26-14)18(23)28-22(24)29-19)12-3-5-13(6-4-12)20(32)27-15(21(33)34)7-8-16(30)31/h2*3-6,10-11,15H,2,7-9H2,1H3,(H,27,32)(H,30,31)(H,33,34)(H4,23,24,25,28,29)/t2*11?,15-/m00/s1. The first-order valence-electron chi connectivity index (χ1n) is 21.2. The topological polar surface area (TPSA) is 415 Å². The number of rotatable bonds is 20. The molecule has 4 heterocycles. The third-order valence-electron chi connectivity index (χ3n) is 10.7. The van der Waals surface area contributed by atoms with Crippen LogP contribution in [-0.4, -0.2) is 108 Å². The van der Waals surface area contributed by atoms with Crippen molar-refractivity contribution in [1.29, 1.82) is 0 Å². The van der Waals surface area contributed by atoms with Crippen LogP contribution in [0.15, 0.2) is 60.9 Å². The summed E-state index contributed by atoms with van der Waals surface area (Å²) in [4.78, 5) is 102. The van der Waals surface area contributed by atoms with Crippen LogP contribution < -0.4 is 33.6 Å². The second-order valence-corrected chi connectivity index (χ2v) is 15.5. The Morgan fingerprint density at radius 2 is 0.882 bits per heavy atom. The molecule has 2 unspecified atom stereocenters. The molecule has 356 valence electrons. The molecule has 0 aliphatic heterocycles. The summed E-state index contributed by atoms with van der Waals surface area (Å²) in [5, 5.41) is 40.7. The minimum atomic E-state index is -1.29. The highest BCUT2D eigenvalue weighted by Gasteiger charge is 2.24. The summed E-state index contributed by atoms with van der Waals surface area (Å²) in [6, 6.07) is 11.0. The molecule has 0 spiro atoms. The molecule has 0 radical (unpaired) electrons. The van der Waals surface area contributed by atoms with Crippen LogP contribution >= 0.6 is 0 Å². The van der Waals surface area contributed by atoms with E-state index in [0.717, 1.165) is 24.0 Å². The first kappa shape index (κ1) is 50.3. The number of fused-ring (bicyclic) bond motifs is 2. The quantitative estimate of drug-likeness (QED) is 0.0526. The fourth-order valence-corrected chi connectivity index (χ4v) is 7.01. The number of carboxylic acid groups (broad SMARTS) is 4. The number of hydrogen-bond acceptors (Lipinski definition) is 18. The van der Waals surface area contributed by atoms with Gasteiger partial charge in [0.25, 0.3) is 11.8 Å². The number of benzene rings is 2. The molecule has 0 bridgehead atoms. The second-order valence-electron chi connectivity index (χ2n) is 15.5. The maximum absolute atomic E-state index is 12.5. The third kappa shape index (κ3) is 13.7. The molecule has 4 atom stereocenters. The summed E-state index contributed by atoms with van der Waals surface area (Å²) in [5.41, 5.74) is 28.2. The molecule has 0 aliphatic rings. The van der Waals surface area contributed by atoms with Gasteiger partial charge in [-0.05, 0) is 85.8 Å². The molecular formula is C44H50N14O10. The van der Waals surface area contributed by atoms with Crippen LogP contribution in [-0.2, 0) is 32.0 Å². The molecule has 68 heavy (non-hydrogen) atoms. The van der Waals surface area contributed by atoms with Crippen LogP contribution in [0.5, 0.6) is 0 Å². The normalized spacial score (nSPS) is 12.7. The fourth-order valence-electron chi connectivity index (χ4n) is 7.01. The molecule has 0 aliphatic carbocycles. The number of nitrogens with two attached hydrogens (primary N) is 4. The molecule has 14 N–H and O–H groups in total. The number of nitrogen functional groups attached to an aromatic ring is 4. The average Bonchev–Trinajstić information content (AvgIpc) is 3.30. The summed E-state index contributed by atoms with van der Waals surface area (Å²) in [5.74, 6) is -5.52. The van der Waals surface area contributed by atoms with Gasteiger partial charge in [0.05, 0.1) is 23.8 Å². The summed E-state index contributed by atoms with van der Waals surface area (Å²) in [6.45, 7) is 4.05. The van der Waals surface area contributed by atoms with E-state index in [0.29, 0.717) is 46.6 Å². The minimum Gasteiger partial charge on any atom is -0.481 e. The maximum Gasteiger partial charge on any atom is 0.326 e. The van der Waals surface area contributed by atoms with E-state index in [9.17, 15) is 39.0 Å². The van der Waals surface area contributed by atoms with Crippen molar-refractivity contribution >= 4 is 81.6 Å². The molecule has 4 aromatic heterocycles. The van der Waals surface area contributed by atoms with Crippen molar-refractivity contribution < 1.29 is 49.2 Å². The summed E-state index contributed by atoms with van der Waals surface area (Å²) >= 11 is 0. The van der Waals surface area contributed by atoms with Gasteiger partial charge in [-0.1, -0.05) is 38.1 Å². The Labute approximate surface area is 387 Å². The number of aromatic nitrogens is 8. The van der Waals surface area contributed by atoms with Gasteiger partial charge in [-0.25, -0.2) is 29.5 Å². The van der Waals surface area contributed by atoms with Crippen LogP contribution in [0, 0.1) is 0 Å². The molecule has 0 fully saturated rings. The number of carbonyl (C=O) groups is 6. The zero-order chi connectivity index (χ0) is 49.7. The van der Waals surface area contributed by atoms with Gasteiger partial charge in [0.1, 0.15) is 12.1 Å². The molecule has 2 amide bonds. The first-order chi connectivity index (χ1) is 32.3. The van der Waals surface area contributed by atoms with Crippen LogP contribution in [0.3, 0.4) is 0 Å². The summed E-state index contributed by atoms with van der Waals surface area (Å²) < 4.78 is 0. The van der Waals surface area contributed by atoms with Crippen LogP contribution in [0.1, 0.15) is 107 Å². The number of nitrogens with one attached hydrogen (secondary N) is 2. The zero-order valence-electron chi connectivity index (χ0n) is 36.9. The van der Waals surface area contributed by atoms with E-state index < -0.39 is 47.8 Å². The lowest BCUT2D eigenvalue weighted by Crippen LogP contribution is -2.41. The van der Waals surface area contributed by atoms with Crippen LogP contribution in [0.2, 0.25) is 0 Å². The summed E-state index contributed by atoms with van der Waals surface area (Å²) in [6.07, 6.45) is 4.78. The van der Waals surface area contributed by atoms with E-state index in [1.54, 1.807) is 60.9 Å². The Morgan fingerprint density at radius 1 is 0.529 bits per heavy atom. The molecule has 24 heteroatoms. The predicted octanol–water partition coefficient (Wildman–Crippen LogP) is 2.74. The van der Waals surface area contributed by atoms with Crippen molar-refractivity contribution in [2.24, 2.45) is 0 Å².